The van der Waals surface area contributed by atoms with Gasteiger partial charge in [0.15, 0.2) is 0 Å². The average molecular weight is 373 g/mol. The predicted octanol–water partition coefficient (Wildman–Crippen LogP) is 2.49. The standard InChI is InChI=1S/C19H20FN3O2S/c20-17-7-4-8-18(11-17)26(24,25)23-10-9-16-13-22(21-19(16)14-23)12-15-5-2-1-3-6-15/h1-8,11,21H,9-10,12-14H2. The molecule has 0 saturated carbocycles. The summed E-state index contributed by atoms with van der Waals surface area (Å²) < 4.78 is 40.4. The lowest BCUT2D eigenvalue weighted by atomic mass is 10.1. The first-order valence-corrected chi connectivity index (χ1v) is 9.98. The molecular weight excluding hydrogens is 353 g/mol. The number of nitrogens with one attached hydrogen (secondary N) is 1. The second kappa shape index (κ2) is 6.83. The molecule has 2 aliphatic heterocycles. The van der Waals surface area contributed by atoms with Crippen LogP contribution in [0.5, 0.6) is 0 Å². The van der Waals surface area contributed by atoms with Crippen LogP contribution < -0.4 is 5.43 Å². The van der Waals surface area contributed by atoms with Crippen LogP contribution in [0.3, 0.4) is 0 Å². The van der Waals surface area contributed by atoms with Crippen molar-refractivity contribution in [2.24, 2.45) is 0 Å². The van der Waals surface area contributed by atoms with Crippen molar-refractivity contribution in [1.82, 2.24) is 14.7 Å². The van der Waals surface area contributed by atoms with Crippen molar-refractivity contribution < 1.29 is 12.8 Å². The molecule has 0 amide bonds. The van der Waals surface area contributed by atoms with Crippen molar-refractivity contribution in [3.05, 3.63) is 77.2 Å². The number of benzene rings is 2. The molecule has 0 aromatic heterocycles. The van der Waals surface area contributed by atoms with Gasteiger partial charge in [0.05, 0.1) is 11.4 Å². The molecule has 5 nitrogen and oxygen atoms in total. The molecule has 0 spiro atoms. The quantitative estimate of drug-likeness (QED) is 0.895. The van der Waals surface area contributed by atoms with Crippen LogP contribution in [-0.2, 0) is 16.6 Å². The Labute approximate surface area is 152 Å². The highest BCUT2D eigenvalue weighted by molar-refractivity contribution is 7.89. The van der Waals surface area contributed by atoms with E-state index in [1.54, 1.807) is 0 Å². The Morgan fingerprint density at radius 3 is 2.62 bits per heavy atom. The van der Waals surface area contributed by atoms with E-state index in [9.17, 15) is 12.8 Å². The van der Waals surface area contributed by atoms with Gasteiger partial charge in [0, 0.05) is 25.3 Å². The zero-order chi connectivity index (χ0) is 18.1. The number of rotatable bonds is 4. The number of hydrogen-bond donors (Lipinski definition) is 1. The van der Waals surface area contributed by atoms with Crippen LogP contribution in [0.4, 0.5) is 4.39 Å². The topological polar surface area (TPSA) is 52.7 Å². The number of hydrazine groups is 1. The SMILES string of the molecule is O=S(=O)(c1cccc(F)c1)N1CCC2=C(C1)NN(Cc1ccccc1)C2. The normalized spacial score (nSPS) is 18.7. The molecule has 26 heavy (non-hydrogen) atoms. The number of hydrogen-bond acceptors (Lipinski definition) is 4. The van der Waals surface area contributed by atoms with Gasteiger partial charge in [-0.2, -0.15) is 4.31 Å². The zero-order valence-electron chi connectivity index (χ0n) is 14.2. The second-order valence-corrected chi connectivity index (χ2v) is 8.52. The van der Waals surface area contributed by atoms with E-state index < -0.39 is 15.8 Å². The fourth-order valence-electron chi connectivity index (χ4n) is 3.41. The molecule has 2 aliphatic rings. The van der Waals surface area contributed by atoms with Gasteiger partial charge in [-0.05, 0) is 35.8 Å². The number of halogens is 1. The zero-order valence-corrected chi connectivity index (χ0v) is 15.0. The second-order valence-electron chi connectivity index (χ2n) is 6.58. The first kappa shape index (κ1) is 17.2. The van der Waals surface area contributed by atoms with Crippen molar-refractivity contribution >= 4 is 10.0 Å². The molecule has 0 atom stereocenters. The fraction of sp³-hybridized carbons (Fsp3) is 0.263. The summed E-state index contributed by atoms with van der Waals surface area (Å²) in [5, 5.41) is 2.10. The number of nitrogens with zero attached hydrogens (tertiary/aromatic N) is 2. The molecule has 1 N–H and O–H groups in total. The molecule has 2 heterocycles. The maximum atomic E-state index is 13.4. The molecule has 2 aromatic rings. The summed E-state index contributed by atoms with van der Waals surface area (Å²) in [4.78, 5) is 0.000638. The van der Waals surface area contributed by atoms with E-state index >= 15 is 0 Å². The third kappa shape index (κ3) is 3.38. The van der Waals surface area contributed by atoms with Gasteiger partial charge >= 0.3 is 0 Å². The molecule has 7 heteroatoms. The first-order valence-electron chi connectivity index (χ1n) is 8.54. The van der Waals surface area contributed by atoms with E-state index in [1.165, 1.54) is 33.6 Å². The monoisotopic (exact) mass is 373 g/mol. The summed E-state index contributed by atoms with van der Waals surface area (Å²) in [6, 6.07) is 15.3. The Kier molecular flexibility index (Phi) is 4.52. The largest absolute Gasteiger partial charge is 0.321 e. The summed E-state index contributed by atoms with van der Waals surface area (Å²) in [6.07, 6.45) is 0.683. The Balaban J connectivity index is 1.46. The molecular formula is C19H20FN3O2S. The van der Waals surface area contributed by atoms with Gasteiger partial charge in [-0.3, -0.25) is 0 Å². The third-order valence-electron chi connectivity index (χ3n) is 4.75. The van der Waals surface area contributed by atoms with Gasteiger partial charge in [0.25, 0.3) is 0 Å². The van der Waals surface area contributed by atoms with E-state index in [-0.39, 0.29) is 4.90 Å². The molecule has 4 rings (SSSR count). The van der Waals surface area contributed by atoms with E-state index in [0.717, 1.165) is 24.9 Å². The predicted molar refractivity (Wildman–Crippen MR) is 96.8 cm³/mol. The Morgan fingerprint density at radius 1 is 1.04 bits per heavy atom. The highest BCUT2D eigenvalue weighted by Crippen LogP contribution is 2.27. The lowest BCUT2D eigenvalue weighted by molar-refractivity contribution is 0.245. The highest BCUT2D eigenvalue weighted by Gasteiger charge is 2.33. The Hall–Kier alpha value is -2.22. The summed E-state index contributed by atoms with van der Waals surface area (Å²) in [5.41, 5.74) is 6.72. The van der Waals surface area contributed by atoms with Crippen molar-refractivity contribution in [3.63, 3.8) is 0 Å². The van der Waals surface area contributed by atoms with Crippen molar-refractivity contribution in [3.8, 4) is 0 Å². The van der Waals surface area contributed by atoms with Crippen LogP contribution in [0.25, 0.3) is 0 Å². The van der Waals surface area contributed by atoms with Crippen LogP contribution in [0.2, 0.25) is 0 Å². The van der Waals surface area contributed by atoms with Crippen LogP contribution in [0.15, 0.2) is 70.8 Å². The lowest BCUT2D eigenvalue weighted by Crippen LogP contribution is -2.39. The summed E-state index contributed by atoms with van der Waals surface area (Å²) >= 11 is 0. The van der Waals surface area contributed by atoms with Gasteiger partial charge in [0.2, 0.25) is 10.0 Å². The van der Waals surface area contributed by atoms with Crippen molar-refractivity contribution in [2.75, 3.05) is 19.6 Å². The molecule has 0 unspecified atom stereocenters. The van der Waals surface area contributed by atoms with E-state index in [2.05, 4.69) is 22.6 Å². The maximum absolute atomic E-state index is 13.4. The minimum Gasteiger partial charge on any atom is -0.321 e. The fourth-order valence-corrected chi connectivity index (χ4v) is 4.85. The third-order valence-corrected chi connectivity index (χ3v) is 6.59. The minimum absolute atomic E-state index is 0.000638. The summed E-state index contributed by atoms with van der Waals surface area (Å²) in [5.74, 6) is -0.545. The van der Waals surface area contributed by atoms with Crippen molar-refractivity contribution in [1.29, 1.82) is 0 Å². The molecule has 0 radical (unpaired) electrons. The van der Waals surface area contributed by atoms with Gasteiger partial charge in [-0.25, -0.2) is 17.8 Å². The maximum Gasteiger partial charge on any atom is 0.243 e. The van der Waals surface area contributed by atoms with Gasteiger partial charge in [0.1, 0.15) is 5.82 Å². The first-order chi connectivity index (χ1) is 12.5. The minimum atomic E-state index is -3.70. The molecule has 0 bridgehead atoms. The molecule has 0 saturated heterocycles. The molecule has 0 aliphatic carbocycles. The van der Waals surface area contributed by atoms with Crippen LogP contribution in [-0.4, -0.2) is 37.4 Å². The van der Waals surface area contributed by atoms with Crippen molar-refractivity contribution in [2.45, 2.75) is 17.9 Å². The Bertz CT molecular complexity index is 944. The highest BCUT2D eigenvalue weighted by atomic mass is 32.2. The summed E-state index contributed by atoms with van der Waals surface area (Å²) in [7, 11) is -3.70. The van der Waals surface area contributed by atoms with Gasteiger partial charge in [-0.15, -0.1) is 0 Å². The summed E-state index contributed by atoms with van der Waals surface area (Å²) in [6.45, 7) is 2.25. The smallest absolute Gasteiger partial charge is 0.243 e. The van der Waals surface area contributed by atoms with E-state index in [4.69, 9.17) is 0 Å². The number of sulfonamides is 1. The van der Waals surface area contributed by atoms with E-state index in [0.29, 0.717) is 19.5 Å². The average Bonchev–Trinajstić information content (AvgIpc) is 3.04. The molecule has 136 valence electrons. The lowest BCUT2D eigenvalue weighted by Gasteiger charge is -2.27. The molecule has 2 aromatic carbocycles. The van der Waals surface area contributed by atoms with Crippen LogP contribution >= 0.6 is 0 Å². The van der Waals surface area contributed by atoms with Crippen LogP contribution in [0, 0.1) is 5.82 Å². The Morgan fingerprint density at radius 2 is 1.85 bits per heavy atom. The molecule has 0 fully saturated rings. The van der Waals surface area contributed by atoms with Gasteiger partial charge < -0.3 is 5.43 Å². The van der Waals surface area contributed by atoms with Crippen LogP contribution in [0.1, 0.15) is 12.0 Å². The van der Waals surface area contributed by atoms with E-state index in [1.807, 2.05) is 18.2 Å². The van der Waals surface area contributed by atoms with Gasteiger partial charge in [-0.1, -0.05) is 36.4 Å².